The number of rotatable bonds is 2. The molecule has 0 amide bonds. The van der Waals surface area contributed by atoms with Crippen molar-refractivity contribution in [1.82, 2.24) is 4.57 Å². The molecular formula is C11H9N4+. The van der Waals surface area contributed by atoms with Gasteiger partial charge in [0.15, 0.2) is 24.1 Å². The number of nitrogens with zero attached hydrogens (tertiary/aromatic N) is 4. The molecule has 0 spiro atoms. The Labute approximate surface area is 87.2 Å². The number of para-hydroxylation sites is 2. The maximum Gasteiger partial charge on any atom is 0.246 e. The van der Waals surface area contributed by atoms with Crippen molar-refractivity contribution in [3.8, 4) is 12.1 Å². The largest absolute Gasteiger partial charge is 0.246 e. The van der Waals surface area contributed by atoms with E-state index in [9.17, 15) is 0 Å². The first-order valence-electron chi connectivity index (χ1n) is 4.58. The quantitative estimate of drug-likeness (QED) is 0.674. The summed E-state index contributed by atoms with van der Waals surface area (Å²) in [5, 5.41) is 17.3. The van der Waals surface area contributed by atoms with E-state index in [0.29, 0.717) is 13.1 Å². The first kappa shape index (κ1) is 9.23. The van der Waals surface area contributed by atoms with E-state index in [1.807, 2.05) is 33.4 Å². The van der Waals surface area contributed by atoms with E-state index in [1.165, 1.54) is 0 Å². The normalized spacial score (nSPS) is 9.73. The third-order valence-electron chi connectivity index (χ3n) is 2.26. The van der Waals surface area contributed by atoms with Crippen molar-refractivity contribution in [3.63, 3.8) is 0 Å². The van der Waals surface area contributed by atoms with Gasteiger partial charge in [-0.2, -0.15) is 10.5 Å². The van der Waals surface area contributed by atoms with Crippen LogP contribution in [0, 0.1) is 22.7 Å². The van der Waals surface area contributed by atoms with Gasteiger partial charge in [0, 0.05) is 0 Å². The lowest BCUT2D eigenvalue weighted by atomic mass is 10.3. The standard InChI is InChI=1S/C11H9N4/c12-5-7-14-9-15(8-6-13)11-4-2-1-3-10(11)14/h1-4,9H,7-8H2/q+1. The lowest BCUT2D eigenvalue weighted by Gasteiger charge is -1.87. The average Bonchev–Trinajstić information content (AvgIpc) is 2.59. The SMILES string of the molecule is N#CCn1c[n+](CC#N)c2ccccc21. The molecule has 4 heteroatoms. The van der Waals surface area contributed by atoms with Gasteiger partial charge in [-0.1, -0.05) is 12.1 Å². The Morgan fingerprint density at radius 1 is 1.20 bits per heavy atom. The Balaban J connectivity index is 2.64. The summed E-state index contributed by atoms with van der Waals surface area (Å²) in [6.45, 7) is 0.609. The molecule has 0 unspecified atom stereocenters. The number of fused-ring (bicyclic) bond motifs is 1. The molecule has 15 heavy (non-hydrogen) atoms. The molecule has 0 aliphatic heterocycles. The van der Waals surface area contributed by atoms with E-state index in [0.717, 1.165) is 11.0 Å². The highest BCUT2D eigenvalue weighted by Gasteiger charge is 2.13. The molecule has 0 aliphatic carbocycles. The Kier molecular flexibility index (Phi) is 2.35. The highest BCUT2D eigenvalue weighted by Crippen LogP contribution is 2.09. The first-order valence-corrected chi connectivity index (χ1v) is 4.58. The maximum atomic E-state index is 8.67. The summed E-state index contributed by atoms with van der Waals surface area (Å²) in [5.74, 6) is 0. The zero-order valence-electron chi connectivity index (χ0n) is 8.09. The molecule has 1 aromatic heterocycles. The van der Waals surface area contributed by atoms with Gasteiger partial charge in [-0.05, 0) is 12.1 Å². The summed E-state index contributed by atoms with van der Waals surface area (Å²) in [4.78, 5) is 0. The van der Waals surface area contributed by atoms with E-state index in [1.54, 1.807) is 6.33 Å². The maximum absolute atomic E-state index is 8.67. The van der Waals surface area contributed by atoms with Gasteiger partial charge >= 0.3 is 0 Å². The second-order valence-corrected chi connectivity index (χ2v) is 3.18. The van der Waals surface area contributed by atoms with Crippen molar-refractivity contribution in [3.05, 3.63) is 30.6 Å². The van der Waals surface area contributed by atoms with Crippen LogP contribution in [-0.2, 0) is 13.1 Å². The molecule has 0 saturated heterocycles. The molecule has 1 aromatic carbocycles. The van der Waals surface area contributed by atoms with Gasteiger partial charge in [0.05, 0.1) is 0 Å². The molecule has 4 nitrogen and oxygen atoms in total. The Hall–Kier alpha value is -2.33. The molecule has 0 aliphatic rings. The summed E-state index contributed by atoms with van der Waals surface area (Å²) < 4.78 is 3.68. The number of aromatic nitrogens is 2. The number of imidazole rings is 1. The van der Waals surface area contributed by atoms with Gasteiger partial charge < -0.3 is 0 Å². The van der Waals surface area contributed by atoms with Crippen LogP contribution in [0.5, 0.6) is 0 Å². The van der Waals surface area contributed by atoms with Crippen molar-refractivity contribution in [2.24, 2.45) is 0 Å². The summed E-state index contributed by atoms with van der Waals surface area (Å²) >= 11 is 0. The second kappa shape index (κ2) is 3.81. The van der Waals surface area contributed by atoms with Crippen LogP contribution in [-0.4, -0.2) is 4.57 Å². The fourth-order valence-corrected chi connectivity index (χ4v) is 1.65. The minimum absolute atomic E-state index is 0.305. The smallest absolute Gasteiger partial charge is 0.216 e. The van der Waals surface area contributed by atoms with Crippen LogP contribution in [0.3, 0.4) is 0 Å². The van der Waals surface area contributed by atoms with Crippen molar-refractivity contribution in [2.75, 3.05) is 0 Å². The average molecular weight is 197 g/mol. The van der Waals surface area contributed by atoms with Crippen molar-refractivity contribution in [2.45, 2.75) is 13.1 Å². The molecule has 0 radical (unpaired) electrons. The van der Waals surface area contributed by atoms with Crippen LogP contribution in [0.4, 0.5) is 0 Å². The molecule has 2 rings (SSSR count). The van der Waals surface area contributed by atoms with Gasteiger partial charge in [-0.25, -0.2) is 9.13 Å². The number of hydrogen-bond donors (Lipinski definition) is 0. The minimum atomic E-state index is 0.305. The zero-order valence-corrected chi connectivity index (χ0v) is 8.09. The lowest BCUT2D eigenvalue weighted by molar-refractivity contribution is -0.659. The summed E-state index contributed by atoms with van der Waals surface area (Å²) in [6.07, 6.45) is 1.80. The highest BCUT2D eigenvalue weighted by molar-refractivity contribution is 5.71. The van der Waals surface area contributed by atoms with Gasteiger partial charge in [-0.3, -0.25) is 0 Å². The number of nitriles is 2. The second-order valence-electron chi connectivity index (χ2n) is 3.18. The fraction of sp³-hybridized carbons (Fsp3) is 0.182. The van der Waals surface area contributed by atoms with Crippen LogP contribution in [0.25, 0.3) is 11.0 Å². The van der Waals surface area contributed by atoms with Crippen LogP contribution in [0.2, 0.25) is 0 Å². The van der Waals surface area contributed by atoms with Crippen LogP contribution in [0.1, 0.15) is 0 Å². The zero-order chi connectivity index (χ0) is 10.7. The minimum Gasteiger partial charge on any atom is -0.216 e. The first-order chi connectivity index (χ1) is 7.36. The number of benzene rings is 1. The molecule has 0 saturated carbocycles. The predicted molar refractivity (Wildman–Crippen MR) is 53.4 cm³/mol. The molecule has 0 atom stereocenters. The molecular weight excluding hydrogens is 188 g/mol. The lowest BCUT2D eigenvalue weighted by Crippen LogP contribution is -2.31. The van der Waals surface area contributed by atoms with Crippen LogP contribution < -0.4 is 4.57 Å². The number of hydrogen-bond acceptors (Lipinski definition) is 2. The summed E-state index contributed by atoms with van der Waals surface area (Å²) in [5.41, 5.74) is 1.96. The van der Waals surface area contributed by atoms with Crippen molar-refractivity contribution in [1.29, 1.82) is 10.5 Å². The van der Waals surface area contributed by atoms with Gasteiger partial charge in [-0.15, -0.1) is 0 Å². The molecule has 0 fully saturated rings. The third kappa shape index (κ3) is 1.53. The van der Waals surface area contributed by atoms with E-state index < -0.39 is 0 Å². The van der Waals surface area contributed by atoms with E-state index in [4.69, 9.17) is 10.5 Å². The van der Waals surface area contributed by atoms with Crippen molar-refractivity contribution >= 4 is 11.0 Å². The predicted octanol–water partition coefficient (Wildman–Crippen LogP) is 0.976. The third-order valence-corrected chi connectivity index (χ3v) is 2.26. The van der Waals surface area contributed by atoms with Gasteiger partial charge in [0.1, 0.15) is 12.1 Å². The van der Waals surface area contributed by atoms with Crippen molar-refractivity contribution < 1.29 is 4.57 Å². The fourth-order valence-electron chi connectivity index (χ4n) is 1.65. The Bertz CT molecular complexity index is 518. The Morgan fingerprint density at radius 3 is 2.73 bits per heavy atom. The van der Waals surface area contributed by atoms with E-state index >= 15 is 0 Å². The molecule has 2 aromatic rings. The molecule has 0 bridgehead atoms. The van der Waals surface area contributed by atoms with Crippen LogP contribution >= 0.6 is 0 Å². The van der Waals surface area contributed by atoms with E-state index in [-0.39, 0.29) is 0 Å². The van der Waals surface area contributed by atoms with Gasteiger partial charge in [0.25, 0.3) is 0 Å². The highest BCUT2D eigenvalue weighted by atomic mass is 15.1. The monoisotopic (exact) mass is 197 g/mol. The molecule has 72 valence electrons. The van der Waals surface area contributed by atoms with Crippen LogP contribution in [0.15, 0.2) is 30.6 Å². The molecule has 0 N–H and O–H groups in total. The summed E-state index contributed by atoms with van der Waals surface area (Å²) in [7, 11) is 0. The van der Waals surface area contributed by atoms with E-state index in [2.05, 4.69) is 12.1 Å². The van der Waals surface area contributed by atoms with Gasteiger partial charge in [0.2, 0.25) is 6.33 Å². The topological polar surface area (TPSA) is 56.4 Å². The molecule has 1 heterocycles. The Morgan fingerprint density at radius 2 is 2.00 bits per heavy atom. The summed E-state index contributed by atoms with van der Waals surface area (Å²) in [6, 6.07) is 11.9.